The van der Waals surface area contributed by atoms with Gasteiger partial charge in [-0.05, 0) is 62.8 Å². The third-order valence-corrected chi connectivity index (χ3v) is 4.30. The fourth-order valence-corrected chi connectivity index (χ4v) is 3.01. The first kappa shape index (κ1) is 14.1. The maximum atomic E-state index is 11.7. The summed E-state index contributed by atoms with van der Waals surface area (Å²) in [4.78, 5) is 14.1. The SMILES string of the molecule is O=C1CCCCC1=NNc1ccc(N2CCCCC2)cc1. The zero-order valence-electron chi connectivity index (χ0n) is 12.5. The molecule has 4 heteroatoms. The van der Waals surface area contributed by atoms with Gasteiger partial charge in [0.25, 0.3) is 0 Å². The van der Waals surface area contributed by atoms with Crippen molar-refractivity contribution in [3.63, 3.8) is 0 Å². The van der Waals surface area contributed by atoms with Crippen LogP contribution in [0.25, 0.3) is 0 Å². The van der Waals surface area contributed by atoms with Gasteiger partial charge in [0.05, 0.1) is 5.69 Å². The number of carbonyl (C=O) groups is 1. The fourth-order valence-electron chi connectivity index (χ4n) is 3.01. The lowest BCUT2D eigenvalue weighted by molar-refractivity contribution is -0.113. The van der Waals surface area contributed by atoms with Gasteiger partial charge < -0.3 is 4.90 Å². The first-order valence-corrected chi connectivity index (χ1v) is 8.04. The Kier molecular flexibility index (Phi) is 4.53. The topological polar surface area (TPSA) is 44.7 Å². The number of hydrazone groups is 1. The molecule has 1 aromatic rings. The van der Waals surface area contributed by atoms with Crippen LogP contribution in [0.5, 0.6) is 0 Å². The highest BCUT2D eigenvalue weighted by molar-refractivity contribution is 6.40. The quantitative estimate of drug-likeness (QED) is 0.863. The van der Waals surface area contributed by atoms with Gasteiger partial charge in [-0.2, -0.15) is 5.10 Å². The van der Waals surface area contributed by atoms with Crippen LogP contribution in [0.3, 0.4) is 0 Å². The number of hydrogen-bond acceptors (Lipinski definition) is 4. The molecule has 1 N–H and O–H groups in total. The van der Waals surface area contributed by atoms with E-state index in [0.717, 1.165) is 38.0 Å². The van der Waals surface area contributed by atoms with Gasteiger partial charge in [-0.1, -0.05) is 0 Å². The van der Waals surface area contributed by atoms with E-state index >= 15 is 0 Å². The number of piperidine rings is 1. The van der Waals surface area contributed by atoms with Crippen LogP contribution in [0.1, 0.15) is 44.9 Å². The Balaban J connectivity index is 1.61. The molecule has 112 valence electrons. The molecule has 2 fully saturated rings. The summed E-state index contributed by atoms with van der Waals surface area (Å²) in [5, 5.41) is 4.28. The Morgan fingerprint density at radius 3 is 2.33 bits per heavy atom. The van der Waals surface area contributed by atoms with Gasteiger partial charge in [0.15, 0.2) is 5.78 Å². The molecule has 1 aromatic carbocycles. The lowest BCUT2D eigenvalue weighted by Crippen LogP contribution is -2.29. The second-order valence-corrected chi connectivity index (χ2v) is 5.90. The highest BCUT2D eigenvalue weighted by Crippen LogP contribution is 2.22. The molecule has 0 bridgehead atoms. The molecule has 3 rings (SSSR count). The molecule has 1 saturated carbocycles. The van der Waals surface area contributed by atoms with E-state index < -0.39 is 0 Å². The van der Waals surface area contributed by atoms with Crippen LogP contribution in [-0.4, -0.2) is 24.6 Å². The van der Waals surface area contributed by atoms with Gasteiger partial charge in [-0.15, -0.1) is 0 Å². The van der Waals surface area contributed by atoms with Crippen molar-refractivity contribution in [1.82, 2.24) is 0 Å². The molecule has 2 aliphatic rings. The summed E-state index contributed by atoms with van der Waals surface area (Å²) in [5.41, 5.74) is 5.94. The summed E-state index contributed by atoms with van der Waals surface area (Å²) in [6.07, 6.45) is 7.45. The van der Waals surface area contributed by atoms with Crippen molar-refractivity contribution < 1.29 is 4.79 Å². The maximum Gasteiger partial charge on any atom is 0.178 e. The first-order chi connectivity index (χ1) is 10.3. The Morgan fingerprint density at radius 2 is 1.62 bits per heavy atom. The van der Waals surface area contributed by atoms with Gasteiger partial charge in [-0.25, -0.2) is 0 Å². The molecule has 1 heterocycles. The van der Waals surface area contributed by atoms with E-state index in [9.17, 15) is 4.79 Å². The standard InChI is InChI=1S/C17H23N3O/c21-17-7-3-2-6-16(17)19-18-14-8-10-15(11-9-14)20-12-4-1-5-13-20/h8-11,18H,1-7,12-13H2. The summed E-state index contributed by atoms with van der Waals surface area (Å²) in [6, 6.07) is 8.36. The number of rotatable bonds is 3. The molecule has 0 unspecified atom stereocenters. The second kappa shape index (κ2) is 6.74. The lowest BCUT2D eigenvalue weighted by atomic mass is 9.97. The van der Waals surface area contributed by atoms with E-state index in [2.05, 4.69) is 27.6 Å². The van der Waals surface area contributed by atoms with Crippen LogP contribution in [-0.2, 0) is 4.79 Å². The van der Waals surface area contributed by atoms with Crippen LogP contribution in [0.2, 0.25) is 0 Å². The van der Waals surface area contributed by atoms with Gasteiger partial charge >= 0.3 is 0 Å². The summed E-state index contributed by atoms with van der Waals surface area (Å²) >= 11 is 0. The molecule has 1 aliphatic heterocycles. The number of ketones is 1. The van der Waals surface area contributed by atoms with Crippen molar-refractivity contribution in [3.8, 4) is 0 Å². The summed E-state index contributed by atoms with van der Waals surface area (Å²) in [6.45, 7) is 2.31. The summed E-state index contributed by atoms with van der Waals surface area (Å²) in [7, 11) is 0. The number of benzene rings is 1. The van der Waals surface area contributed by atoms with E-state index in [1.165, 1.54) is 24.9 Å². The average molecular weight is 285 g/mol. The van der Waals surface area contributed by atoms with Crippen molar-refractivity contribution in [3.05, 3.63) is 24.3 Å². The van der Waals surface area contributed by atoms with Crippen LogP contribution < -0.4 is 10.3 Å². The molecule has 0 amide bonds. The van der Waals surface area contributed by atoms with Gasteiger partial charge in [-0.3, -0.25) is 10.2 Å². The number of hydrogen-bond donors (Lipinski definition) is 1. The molecule has 0 spiro atoms. The van der Waals surface area contributed by atoms with E-state index in [1.807, 2.05) is 12.1 Å². The molecule has 1 saturated heterocycles. The average Bonchev–Trinajstić information content (AvgIpc) is 2.55. The van der Waals surface area contributed by atoms with Gasteiger partial charge in [0.2, 0.25) is 0 Å². The molecule has 1 aliphatic carbocycles. The molecule has 4 nitrogen and oxygen atoms in total. The Labute approximate surface area is 126 Å². The second-order valence-electron chi connectivity index (χ2n) is 5.90. The minimum absolute atomic E-state index is 0.193. The summed E-state index contributed by atoms with van der Waals surface area (Å²) in [5.74, 6) is 0.193. The third-order valence-electron chi connectivity index (χ3n) is 4.30. The third kappa shape index (κ3) is 3.63. The molecule has 21 heavy (non-hydrogen) atoms. The van der Waals surface area contributed by atoms with E-state index in [4.69, 9.17) is 0 Å². The number of Topliss-reactive ketones (excluding diaryl/α,β-unsaturated/α-hetero) is 1. The van der Waals surface area contributed by atoms with Gasteiger partial charge in [0.1, 0.15) is 5.71 Å². The molecule has 0 atom stereocenters. The number of nitrogens with zero attached hydrogens (tertiary/aromatic N) is 2. The van der Waals surface area contributed by atoms with Crippen molar-refractivity contribution >= 4 is 22.9 Å². The van der Waals surface area contributed by atoms with Crippen LogP contribution in [0, 0.1) is 0 Å². The van der Waals surface area contributed by atoms with E-state index in [1.54, 1.807) is 0 Å². The minimum atomic E-state index is 0.193. The Morgan fingerprint density at radius 1 is 0.905 bits per heavy atom. The van der Waals surface area contributed by atoms with Crippen LogP contribution in [0.4, 0.5) is 11.4 Å². The van der Waals surface area contributed by atoms with E-state index in [0.29, 0.717) is 12.1 Å². The zero-order valence-corrected chi connectivity index (χ0v) is 12.5. The lowest BCUT2D eigenvalue weighted by Gasteiger charge is -2.28. The number of anilines is 2. The zero-order chi connectivity index (χ0) is 14.5. The maximum absolute atomic E-state index is 11.7. The number of carbonyl (C=O) groups excluding carboxylic acids is 1. The van der Waals surface area contributed by atoms with E-state index in [-0.39, 0.29) is 5.78 Å². The predicted molar refractivity (Wildman–Crippen MR) is 87.0 cm³/mol. The number of nitrogens with one attached hydrogen (secondary N) is 1. The molecule has 0 aromatic heterocycles. The molecular formula is C17H23N3O. The highest BCUT2D eigenvalue weighted by Gasteiger charge is 2.16. The van der Waals surface area contributed by atoms with Crippen molar-refractivity contribution in [2.75, 3.05) is 23.4 Å². The Hall–Kier alpha value is -1.84. The van der Waals surface area contributed by atoms with Gasteiger partial charge in [0, 0.05) is 25.2 Å². The van der Waals surface area contributed by atoms with Crippen molar-refractivity contribution in [2.24, 2.45) is 5.10 Å². The largest absolute Gasteiger partial charge is 0.372 e. The smallest absolute Gasteiger partial charge is 0.178 e. The normalized spacial score (nSPS) is 21.6. The fraction of sp³-hybridized carbons (Fsp3) is 0.529. The van der Waals surface area contributed by atoms with Crippen LogP contribution in [0.15, 0.2) is 29.4 Å². The monoisotopic (exact) mass is 285 g/mol. The first-order valence-electron chi connectivity index (χ1n) is 8.04. The molecular weight excluding hydrogens is 262 g/mol. The minimum Gasteiger partial charge on any atom is -0.372 e. The molecule has 0 radical (unpaired) electrons. The highest BCUT2D eigenvalue weighted by atomic mass is 16.1. The predicted octanol–water partition coefficient (Wildman–Crippen LogP) is 3.59. The van der Waals surface area contributed by atoms with Crippen LogP contribution >= 0.6 is 0 Å². The van der Waals surface area contributed by atoms with Crippen molar-refractivity contribution in [2.45, 2.75) is 44.9 Å². The van der Waals surface area contributed by atoms with Crippen molar-refractivity contribution in [1.29, 1.82) is 0 Å². The Bertz CT molecular complexity index is 515. The summed E-state index contributed by atoms with van der Waals surface area (Å²) < 4.78 is 0.